The lowest BCUT2D eigenvalue weighted by Crippen LogP contribution is -2.38. The van der Waals surface area contributed by atoms with Gasteiger partial charge in [-0.2, -0.15) is 0 Å². The van der Waals surface area contributed by atoms with Gasteiger partial charge in [0.1, 0.15) is 11.4 Å². The van der Waals surface area contributed by atoms with Crippen LogP contribution < -0.4 is 4.72 Å². The Morgan fingerprint density at radius 2 is 2.10 bits per heavy atom. The number of sulfonamides is 1. The van der Waals surface area contributed by atoms with Crippen molar-refractivity contribution in [3.05, 3.63) is 58.0 Å². The van der Waals surface area contributed by atoms with Gasteiger partial charge >= 0.3 is 0 Å². The van der Waals surface area contributed by atoms with Gasteiger partial charge < -0.3 is 5.11 Å². The first-order chi connectivity index (χ1) is 9.78. The smallest absolute Gasteiger partial charge is 0.215 e. The summed E-state index contributed by atoms with van der Waals surface area (Å²) in [5, 5.41) is 12.1. The molecule has 7 heteroatoms. The predicted octanol–water partition coefficient (Wildman–Crippen LogP) is 2.21. The Labute approximate surface area is 127 Å². The second-order valence-electron chi connectivity index (χ2n) is 4.96. The zero-order valence-electron chi connectivity index (χ0n) is 11.4. The van der Waals surface area contributed by atoms with Crippen LogP contribution >= 0.6 is 11.3 Å². The van der Waals surface area contributed by atoms with Gasteiger partial charge in [-0.1, -0.05) is 18.2 Å². The summed E-state index contributed by atoms with van der Waals surface area (Å²) < 4.78 is 39.4. The van der Waals surface area contributed by atoms with Crippen molar-refractivity contribution in [1.29, 1.82) is 0 Å². The molecule has 4 nitrogen and oxygen atoms in total. The van der Waals surface area contributed by atoms with E-state index in [4.69, 9.17) is 0 Å². The summed E-state index contributed by atoms with van der Waals surface area (Å²) in [5.41, 5.74) is -0.915. The van der Waals surface area contributed by atoms with Crippen LogP contribution in [0.3, 0.4) is 0 Å². The minimum absolute atomic E-state index is 0.134. The van der Waals surface area contributed by atoms with Gasteiger partial charge in [0.15, 0.2) is 0 Å². The predicted molar refractivity (Wildman–Crippen MR) is 80.9 cm³/mol. The van der Waals surface area contributed by atoms with Gasteiger partial charge in [0.05, 0.1) is 5.75 Å². The Hall–Kier alpha value is -1.28. The van der Waals surface area contributed by atoms with Crippen LogP contribution in [0.5, 0.6) is 0 Å². The van der Waals surface area contributed by atoms with Crippen molar-refractivity contribution in [2.24, 2.45) is 0 Å². The third kappa shape index (κ3) is 4.60. The van der Waals surface area contributed by atoms with Gasteiger partial charge in [-0.25, -0.2) is 17.5 Å². The molecule has 0 saturated carbocycles. The van der Waals surface area contributed by atoms with Gasteiger partial charge in [0.2, 0.25) is 10.0 Å². The molecule has 2 aromatic rings. The molecule has 0 aliphatic heterocycles. The molecule has 0 aliphatic carbocycles. The molecule has 0 fully saturated rings. The first-order valence-corrected chi connectivity index (χ1v) is 8.80. The van der Waals surface area contributed by atoms with Crippen molar-refractivity contribution < 1.29 is 17.9 Å². The Bertz CT molecular complexity index is 697. The van der Waals surface area contributed by atoms with E-state index < -0.39 is 21.4 Å². The number of halogens is 1. The summed E-state index contributed by atoms with van der Waals surface area (Å²) in [6, 6.07) is 8.96. The van der Waals surface area contributed by atoms with Crippen LogP contribution in [-0.4, -0.2) is 20.1 Å². The SMILES string of the molecule is C[C@](O)(CNS(=O)(=O)Cc1cccc(F)c1)c1cccs1. The number of thiophene rings is 1. The molecule has 0 radical (unpaired) electrons. The first-order valence-electron chi connectivity index (χ1n) is 6.27. The van der Waals surface area contributed by atoms with E-state index in [9.17, 15) is 17.9 Å². The average molecular weight is 329 g/mol. The van der Waals surface area contributed by atoms with E-state index in [-0.39, 0.29) is 12.3 Å². The van der Waals surface area contributed by atoms with Crippen molar-refractivity contribution in [3.8, 4) is 0 Å². The molecule has 21 heavy (non-hydrogen) atoms. The number of nitrogens with one attached hydrogen (secondary N) is 1. The fraction of sp³-hybridized carbons (Fsp3) is 0.286. The normalized spacial score (nSPS) is 14.8. The highest BCUT2D eigenvalue weighted by atomic mass is 32.2. The van der Waals surface area contributed by atoms with Crippen molar-refractivity contribution in [1.82, 2.24) is 4.72 Å². The molecule has 1 heterocycles. The van der Waals surface area contributed by atoms with E-state index in [1.807, 2.05) is 5.38 Å². The quantitative estimate of drug-likeness (QED) is 0.854. The zero-order valence-corrected chi connectivity index (χ0v) is 13.0. The number of rotatable bonds is 6. The highest BCUT2D eigenvalue weighted by Crippen LogP contribution is 2.24. The van der Waals surface area contributed by atoms with Crippen molar-refractivity contribution in [2.75, 3.05) is 6.54 Å². The monoisotopic (exact) mass is 329 g/mol. The van der Waals surface area contributed by atoms with E-state index in [1.54, 1.807) is 25.1 Å². The molecule has 1 aromatic heterocycles. The van der Waals surface area contributed by atoms with Crippen molar-refractivity contribution >= 4 is 21.4 Å². The molecule has 0 saturated heterocycles. The van der Waals surface area contributed by atoms with Gasteiger partial charge in [-0.15, -0.1) is 11.3 Å². The second-order valence-corrected chi connectivity index (χ2v) is 7.72. The maximum Gasteiger partial charge on any atom is 0.215 e. The Morgan fingerprint density at radius 1 is 1.33 bits per heavy atom. The first kappa shape index (κ1) is 16.1. The Balaban J connectivity index is 2.02. The van der Waals surface area contributed by atoms with Gasteiger partial charge in [0.25, 0.3) is 0 Å². The van der Waals surface area contributed by atoms with Crippen molar-refractivity contribution in [3.63, 3.8) is 0 Å². The number of aliphatic hydroxyl groups is 1. The Morgan fingerprint density at radius 3 is 2.71 bits per heavy atom. The fourth-order valence-corrected chi connectivity index (χ4v) is 3.83. The van der Waals surface area contributed by atoms with E-state index in [1.165, 1.54) is 29.5 Å². The van der Waals surface area contributed by atoms with E-state index in [2.05, 4.69) is 4.72 Å². The number of hydrogen-bond donors (Lipinski definition) is 2. The van der Waals surface area contributed by atoms with Crippen LogP contribution in [0.2, 0.25) is 0 Å². The van der Waals surface area contributed by atoms with Crippen LogP contribution in [0.15, 0.2) is 41.8 Å². The zero-order chi connectivity index (χ0) is 15.5. The molecule has 1 aromatic carbocycles. The third-order valence-corrected chi connectivity index (χ3v) is 5.35. The average Bonchev–Trinajstić information content (AvgIpc) is 2.91. The minimum atomic E-state index is -3.65. The van der Waals surface area contributed by atoms with Gasteiger partial charge in [-0.3, -0.25) is 0 Å². The summed E-state index contributed by atoms with van der Waals surface area (Å²) >= 11 is 1.35. The van der Waals surface area contributed by atoms with Crippen molar-refractivity contribution in [2.45, 2.75) is 18.3 Å². The van der Waals surface area contributed by atoms with Crippen LogP contribution in [0.1, 0.15) is 17.4 Å². The van der Waals surface area contributed by atoms with Crippen LogP contribution in [0.25, 0.3) is 0 Å². The molecule has 1 atom stereocenters. The maximum atomic E-state index is 13.0. The molecule has 2 rings (SSSR count). The number of hydrogen-bond acceptors (Lipinski definition) is 4. The minimum Gasteiger partial charge on any atom is -0.383 e. The fourth-order valence-electron chi connectivity index (χ4n) is 1.82. The molecule has 2 N–H and O–H groups in total. The lowest BCUT2D eigenvalue weighted by atomic mass is 10.1. The highest BCUT2D eigenvalue weighted by Gasteiger charge is 2.26. The molecule has 0 amide bonds. The topological polar surface area (TPSA) is 66.4 Å². The van der Waals surface area contributed by atoms with E-state index >= 15 is 0 Å². The molecular formula is C14H16FNO3S2. The summed E-state index contributed by atoms with van der Waals surface area (Å²) in [7, 11) is -3.65. The van der Waals surface area contributed by atoms with E-state index in [0.29, 0.717) is 10.4 Å². The Kier molecular flexibility index (Phi) is 4.77. The lowest BCUT2D eigenvalue weighted by Gasteiger charge is -2.22. The number of benzene rings is 1. The summed E-state index contributed by atoms with van der Waals surface area (Å²) in [6.45, 7) is 1.41. The molecule has 0 bridgehead atoms. The van der Waals surface area contributed by atoms with Crippen LogP contribution in [-0.2, 0) is 21.4 Å². The summed E-state index contributed by atoms with van der Waals surface area (Å²) in [6.07, 6.45) is 0. The highest BCUT2D eigenvalue weighted by molar-refractivity contribution is 7.88. The van der Waals surface area contributed by atoms with Crippen LogP contribution in [0, 0.1) is 5.82 Å². The third-order valence-electron chi connectivity index (χ3n) is 2.93. The summed E-state index contributed by atoms with van der Waals surface area (Å²) in [4.78, 5) is 0.677. The standard InChI is InChI=1S/C14H16FNO3S2/c1-14(17,13-6-3-7-20-13)10-16-21(18,19)9-11-4-2-5-12(15)8-11/h2-8,16-17H,9-10H2,1H3/t14-/m0/s1. The largest absolute Gasteiger partial charge is 0.383 e. The molecule has 114 valence electrons. The maximum absolute atomic E-state index is 13.0. The molecule has 0 aliphatic rings. The van der Waals surface area contributed by atoms with Gasteiger partial charge in [-0.05, 0) is 36.1 Å². The molecule has 0 unspecified atom stereocenters. The summed E-state index contributed by atoms with van der Waals surface area (Å²) in [5.74, 6) is -0.807. The molecular weight excluding hydrogens is 313 g/mol. The van der Waals surface area contributed by atoms with Gasteiger partial charge in [0, 0.05) is 11.4 Å². The lowest BCUT2D eigenvalue weighted by molar-refractivity contribution is 0.0666. The van der Waals surface area contributed by atoms with E-state index in [0.717, 1.165) is 0 Å². The van der Waals surface area contributed by atoms with Crippen LogP contribution in [0.4, 0.5) is 4.39 Å². The second kappa shape index (κ2) is 6.23. The molecule has 0 spiro atoms.